The standard InChI is InChI=1S/C28H27ClF3N7O7/c1-2-45-23(44)21(41)33-13-19(22(42)43)35-20(40)15-3-9-18(10-4-15)34-24-36-25(38-26(37-24)46-14-28(30,31)32)39-27(11-12-27)16-5-7-17(29)8-6-16/h3-10,19H,2,11-14H2,1H3,(H,33,41)(H,35,40)(H,42,43)(H2,34,36,37,38,39). The van der Waals surface area contributed by atoms with Gasteiger partial charge in [0.15, 0.2) is 6.61 Å². The molecule has 244 valence electrons. The van der Waals surface area contributed by atoms with Crippen molar-refractivity contribution in [3.05, 3.63) is 64.7 Å². The van der Waals surface area contributed by atoms with Crippen molar-refractivity contribution < 1.29 is 46.9 Å². The number of amides is 2. The average molecular weight is 666 g/mol. The minimum absolute atomic E-state index is 0.0272. The molecule has 0 aliphatic heterocycles. The van der Waals surface area contributed by atoms with Gasteiger partial charge in [-0.25, -0.2) is 9.59 Å². The SMILES string of the molecule is CCOC(=O)C(=O)NCC(NC(=O)c1ccc(Nc2nc(NC3(c4ccc(Cl)cc4)CC3)nc(OCC(F)(F)F)n2)cc1)C(=O)O. The van der Waals surface area contributed by atoms with Gasteiger partial charge in [-0.3, -0.25) is 9.59 Å². The Morgan fingerprint density at radius 2 is 1.65 bits per heavy atom. The lowest BCUT2D eigenvalue weighted by atomic mass is 10.1. The van der Waals surface area contributed by atoms with Crippen LogP contribution in [0.3, 0.4) is 0 Å². The predicted octanol–water partition coefficient (Wildman–Crippen LogP) is 3.17. The van der Waals surface area contributed by atoms with Crippen molar-refractivity contribution in [3.63, 3.8) is 0 Å². The van der Waals surface area contributed by atoms with Crippen LogP contribution in [0.25, 0.3) is 0 Å². The van der Waals surface area contributed by atoms with E-state index in [1.807, 2.05) is 12.1 Å². The predicted molar refractivity (Wildman–Crippen MR) is 156 cm³/mol. The zero-order valence-corrected chi connectivity index (χ0v) is 24.7. The fraction of sp³-hybridized carbons (Fsp3) is 0.321. The average Bonchev–Trinajstić information content (AvgIpc) is 3.78. The number of nitrogens with one attached hydrogen (secondary N) is 4. The minimum Gasteiger partial charge on any atom is -0.480 e. The van der Waals surface area contributed by atoms with Gasteiger partial charge in [-0.05, 0) is 61.7 Å². The van der Waals surface area contributed by atoms with Crippen molar-refractivity contribution in [2.75, 3.05) is 30.4 Å². The third kappa shape index (κ3) is 9.40. The first kappa shape index (κ1) is 33.7. The summed E-state index contributed by atoms with van der Waals surface area (Å²) >= 11 is 5.99. The Morgan fingerprint density at radius 1 is 1.00 bits per heavy atom. The Labute approximate surface area is 264 Å². The summed E-state index contributed by atoms with van der Waals surface area (Å²) in [5.74, 6) is -4.86. The Kier molecular flexibility index (Phi) is 10.5. The van der Waals surface area contributed by atoms with E-state index in [1.165, 1.54) is 31.2 Å². The summed E-state index contributed by atoms with van der Waals surface area (Å²) in [5.41, 5.74) is 0.657. The van der Waals surface area contributed by atoms with Crippen LogP contribution in [0, 0.1) is 0 Å². The molecule has 1 saturated carbocycles. The van der Waals surface area contributed by atoms with E-state index in [2.05, 4.69) is 41.0 Å². The number of halogens is 4. The first-order valence-corrected chi connectivity index (χ1v) is 14.0. The summed E-state index contributed by atoms with van der Waals surface area (Å²) < 4.78 is 47.8. The van der Waals surface area contributed by atoms with Gasteiger partial charge < -0.3 is 35.8 Å². The van der Waals surface area contributed by atoms with Gasteiger partial charge >= 0.3 is 30.0 Å². The zero-order chi connectivity index (χ0) is 33.5. The van der Waals surface area contributed by atoms with Gasteiger partial charge in [-0.2, -0.15) is 28.1 Å². The Hall–Kier alpha value is -5.19. The van der Waals surface area contributed by atoms with Crippen molar-refractivity contribution in [1.82, 2.24) is 25.6 Å². The van der Waals surface area contributed by atoms with Crippen LogP contribution in [0.4, 0.5) is 30.8 Å². The van der Waals surface area contributed by atoms with Crippen LogP contribution in [-0.4, -0.2) is 75.8 Å². The van der Waals surface area contributed by atoms with Crippen LogP contribution >= 0.6 is 11.6 Å². The maximum atomic E-state index is 12.8. The lowest BCUT2D eigenvalue weighted by Gasteiger charge is -2.19. The molecule has 1 aliphatic carbocycles. The number of benzene rings is 2. The quantitative estimate of drug-likeness (QED) is 0.132. The summed E-state index contributed by atoms with van der Waals surface area (Å²) in [4.78, 5) is 59.6. The van der Waals surface area contributed by atoms with Crippen molar-refractivity contribution in [2.24, 2.45) is 0 Å². The second kappa shape index (κ2) is 14.3. The second-order valence-corrected chi connectivity index (χ2v) is 10.3. The molecule has 1 fully saturated rings. The second-order valence-electron chi connectivity index (χ2n) is 9.88. The molecule has 0 spiro atoms. The van der Waals surface area contributed by atoms with E-state index >= 15 is 0 Å². The van der Waals surface area contributed by atoms with Crippen LogP contribution in [0.1, 0.15) is 35.7 Å². The van der Waals surface area contributed by atoms with E-state index in [4.69, 9.17) is 16.3 Å². The number of alkyl halides is 3. The number of aliphatic carboxylic acids is 1. The van der Waals surface area contributed by atoms with Crippen LogP contribution in [-0.2, 0) is 24.7 Å². The number of rotatable bonds is 13. The largest absolute Gasteiger partial charge is 0.480 e. The summed E-state index contributed by atoms with van der Waals surface area (Å²) in [7, 11) is 0. The highest BCUT2D eigenvalue weighted by atomic mass is 35.5. The van der Waals surface area contributed by atoms with E-state index in [1.54, 1.807) is 12.1 Å². The number of esters is 1. The van der Waals surface area contributed by atoms with Crippen LogP contribution in [0.5, 0.6) is 6.01 Å². The van der Waals surface area contributed by atoms with Gasteiger partial charge in [0.2, 0.25) is 11.9 Å². The van der Waals surface area contributed by atoms with Crippen molar-refractivity contribution in [1.29, 1.82) is 0 Å². The Morgan fingerprint density at radius 3 is 2.24 bits per heavy atom. The first-order chi connectivity index (χ1) is 21.8. The van der Waals surface area contributed by atoms with E-state index in [0.29, 0.717) is 23.6 Å². The fourth-order valence-electron chi connectivity index (χ4n) is 4.01. The molecule has 1 aromatic heterocycles. The van der Waals surface area contributed by atoms with E-state index in [0.717, 1.165) is 5.56 Å². The Balaban J connectivity index is 1.46. The number of carbonyl (C=O) groups is 4. The zero-order valence-electron chi connectivity index (χ0n) is 24.0. The number of hydrogen-bond acceptors (Lipinski definition) is 11. The van der Waals surface area contributed by atoms with Crippen molar-refractivity contribution in [3.8, 4) is 6.01 Å². The van der Waals surface area contributed by atoms with Gasteiger partial charge in [-0.1, -0.05) is 23.7 Å². The highest BCUT2D eigenvalue weighted by Gasteiger charge is 2.45. The molecule has 2 amide bonds. The van der Waals surface area contributed by atoms with Gasteiger partial charge in [0.25, 0.3) is 5.91 Å². The first-order valence-electron chi connectivity index (χ1n) is 13.6. The van der Waals surface area contributed by atoms with E-state index < -0.39 is 60.7 Å². The molecule has 4 rings (SSSR count). The summed E-state index contributed by atoms with van der Waals surface area (Å²) in [5, 5.41) is 20.2. The molecular weight excluding hydrogens is 639 g/mol. The van der Waals surface area contributed by atoms with Crippen LogP contribution in [0.15, 0.2) is 48.5 Å². The lowest BCUT2D eigenvalue weighted by molar-refractivity contribution is -0.154. The number of aromatic nitrogens is 3. The Bertz CT molecular complexity index is 1590. The third-order valence-corrected chi connectivity index (χ3v) is 6.66. The minimum atomic E-state index is -4.64. The van der Waals surface area contributed by atoms with Gasteiger partial charge in [0.05, 0.1) is 12.1 Å². The van der Waals surface area contributed by atoms with Crippen LogP contribution in [0.2, 0.25) is 5.02 Å². The number of anilines is 3. The van der Waals surface area contributed by atoms with Crippen LogP contribution < -0.4 is 26.0 Å². The molecule has 0 radical (unpaired) electrons. The third-order valence-electron chi connectivity index (χ3n) is 6.41. The summed E-state index contributed by atoms with van der Waals surface area (Å²) in [6.07, 6.45) is -3.24. The monoisotopic (exact) mass is 665 g/mol. The normalized spacial score (nSPS) is 13.9. The molecule has 1 unspecified atom stereocenters. The smallest absolute Gasteiger partial charge is 0.422 e. The molecule has 1 atom stereocenters. The molecule has 0 bridgehead atoms. The molecule has 2 aromatic carbocycles. The molecule has 46 heavy (non-hydrogen) atoms. The number of carboxylic acids is 1. The van der Waals surface area contributed by atoms with E-state index in [-0.39, 0.29) is 24.1 Å². The number of carboxylic acid groups (broad SMARTS) is 1. The van der Waals surface area contributed by atoms with E-state index in [9.17, 15) is 37.5 Å². The molecule has 14 nitrogen and oxygen atoms in total. The fourth-order valence-corrected chi connectivity index (χ4v) is 4.14. The number of hydrogen-bond donors (Lipinski definition) is 5. The molecular formula is C28H27ClF3N7O7. The number of nitrogens with zero attached hydrogens (tertiary/aromatic N) is 3. The highest BCUT2D eigenvalue weighted by molar-refractivity contribution is 6.32. The summed E-state index contributed by atoms with van der Waals surface area (Å²) in [6.45, 7) is -0.792. The number of carbonyl (C=O) groups excluding carboxylic acids is 3. The molecule has 0 saturated heterocycles. The molecule has 18 heteroatoms. The molecule has 5 N–H and O–H groups in total. The molecule has 3 aromatic rings. The van der Waals surface area contributed by atoms with Gasteiger partial charge in [0.1, 0.15) is 6.04 Å². The maximum Gasteiger partial charge on any atom is 0.422 e. The topological polar surface area (TPSA) is 194 Å². The molecule has 1 aliphatic rings. The lowest BCUT2D eigenvalue weighted by Crippen LogP contribution is -2.49. The van der Waals surface area contributed by atoms with Gasteiger partial charge in [-0.15, -0.1) is 0 Å². The summed E-state index contributed by atoms with van der Waals surface area (Å²) in [6, 6.07) is 10.4. The van der Waals surface area contributed by atoms with Crippen molar-refractivity contribution in [2.45, 2.75) is 37.5 Å². The highest BCUT2D eigenvalue weighted by Crippen LogP contribution is 2.48. The number of ether oxygens (including phenoxy) is 2. The maximum absolute atomic E-state index is 12.8. The van der Waals surface area contributed by atoms with Gasteiger partial charge in [0, 0.05) is 22.8 Å². The van der Waals surface area contributed by atoms with Crippen molar-refractivity contribution >= 4 is 52.9 Å². The molecule has 1 heterocycles.